The van der Waals surface area contributed by atoms with Gasteiger partial charge in [0.25, 0.3) is 11.8 Å². The summed E-state index contributed by atoms with van der Waals surface area (Å²) in [6.45, 7) is 0. The van der Waals surface area contributed by atoms with Crippen molar-refractivity contribution in [2.75, 3.05) is 0 Å². The predicted molar refractivity (Wildman–Crippen MR) is 90.1 cm³/mol. The normalized spacial score (nSPS) is 16.9. The van der Waals surface area contributed by atoms with Crippen molar-refractivity contribution in [3.8, 4) is 11.8 Å². The number of amides is 2. The van der Waals surface area contributed by atoms with E-state index in [1.54, 1.807) is 6.07 Å². The van der Waals surface area contributed by atoms with Gasteiger partial charge < -0.3 is 0 Å². The van der Waals surface area contributed by atoms with Crippen LogP contribution in [0.3, 0.4) is 0 Å². The lowest BCUT2D eigenvalue weighted by atomic mass is 9.92. The summed E-state index contributed by atoms with van der Waals surface area (Å²) in [4.78, 5) is 25.0. The molecule has 2 aromatic carbocycles. The number of hydroxylamine groups is 2. The van der Waals surface area contributed by atoms with Gasteiger partial charge in [-0.2, -0.15) is 21.6 Å². The first-order valence-corrected chi connectivity index (χ1v) is 9.48. The Bertz CT molecular complexity index is 1180. The number of carbonyl (C=O) groups is 2. The number of halogens is 3. The highest BCUT2D eigenvalue weighted by Crippen LogP contribution is 2.34. The Kier molecular flexibility index (Phi) is 3.99. The summed E-state index contributed by atoms with van der Waals surface area (Å²) in [5, 5.41) is 0.294. The van der Waals surface area contributed by atoms with Crippen molar-refractivity contribution in [2.45, 2.75) is 18.3 Å². The topological polar surface area (TPSA) is 80.8 Å². The van der Waals surface area contributed by atoms with Crippen LogP contribution in [0.4, 0.5) is 13.2 Å². The van der Waals surface area contributed by atoms with E-state index >= 15 is 0 Å². The van der Waals surface area contributed by atoms with Gasteiger partial charge in [0.15, 0.2) is 0 Å². The van der Waals surface area contributed by atoms with Crippen molar-refractivity contribution in [3.63, 3.8) is 0 Å². The maximum Gasteiger partial charge on any atom is 0.525 e. The molecule has 4 rings (SSSR count). The summed E-state index contributed by atoms with van der Waals surface area (Å²) in [5.74, 6) is 3.75. The summed E-state index contributed by atoms with van der Waals surface area (Å²) in [6.07, 6.45) is 2.01. The van der Waals surface area contributed by atoms with Gasteiger partial charge in [-0.3, -0.25) is 9.59 Å². The Labute approximate surface area is 157 Å². The summed E-state index contributed by atoms with van der Waals surface area (Å²) in [6, 6.07) is 7.15. The molecule has 0 radical (unpaired) electrons. The van der Waals surface area contributed by atoms with E-state index in [9.17, 15) is 31.2 Å². The minimum Gasteiger partial charge on any atom is -0.266 e. The van der Waals surface area contributed by atoms with Gasteiger partial charge in [-0.15, -0.1) is 9.35 Å². The first kappa shape index (κ1) is 18.5. The summed E-state index contributed by atoms with van der Waals surface area (Å²) >= 11 is 0. The lowest BCUT2D eigenvalue weighted by Gasteiger charge is -2.25. The number of hydrogen-bond acceptors (Lipinski definition) is 5. The van der Waals surface area contributed by atoms with Crippen LogP contribution in [-0.4, -0.2) is 30.8 Å². The SMILES string of the molecule is O=C1c2cccc3c(C#CC4CC4)ccc(c23)C(=O)N1OS(=O)(=O)C(F)(F)F. The molecule has 0 aromatic heterocycles. The molecule has 0 saturated heterocycles. The number of alkyl halides is 3. The first-order valence-electron chi connectivity index (χ1n) is 8.07. The van der Waals surface area contributed by atoms with Crippen LogP contribution in [0, 0.1) is 17.8 Å². The van der Waals surface area contributed by atoms with Crippen LogP contribution in [0.2, 0.25) is 0 Å². The molecule has 28 heavy (non-hydrogen) atoms. The lowest BCUT2D eigenvalue weighted by molar-refractivity contribution is -0.0761. The fraction of sp³-hybridized carbons (Fsp3) is 0.222. The van der Waals surface area contributed by atoms with E-state index < -0.39 is 27.4 Å². The molecule has 1 saturated carbocycles. The largest absolute Gasteiger partial charge is 0.525 e. The van der Waals surface area contributed by atoms with E-state index in [-0.39, 0.29) is 21.6 Å². The molecular formula is C18H10F3NO5S. The average Bonchev–Trinajstić information content (AvgIpc) is 3.45. The number of imide groups is 1. The summed E-state index contributed by atoms with van der Waals surface area (Å²) in [7, 11) is -6.19. The van der Waals surface area contributed by atoms with Crippen LogP contribution in [0.1, 0.15) is 39.1 Å². The van der Waals surface area contributed by atoms with Crippen LogP contribution >= 0.6 is 0 Å². The summed E-state index contributed by atoms with van der Waals surface area (Å²) < 4.78 is 64.1. The third kappa shape index (κ3) is 2.93. The molecule has 2 amide bonds. The van der Waals surface area contributed by atoms with Crippen molar-refractivity contribution >= 4 is 32.7 Å². The second kappa shape index (κ2) is 6.05. The predicted octanol–water partition coefficient (Wildman–Crippen LogP) is 2.98. The lowest BCUT2D eigenvalue weighted by Crippen LogP contribution is -2.44. The van der Waals surface area contributed by atoms with E-state index in [4.69, 9.17) is 0 Å². The van der Waals surface area contributed by atoms with Crippen LogP contribution in [0.5, 0.6) is 0 Å². The first-order chi connectivity index (χ1) is 13.1. The van der Waals surface area contributed by atoms with Crippen molar-refractivity contribution in [2.24, 2.45) is 5.92 Å². The Balaban J connectivity index is 1.83. The van der Waals surface area contributed by atoms with E-state index in [0.717, 1.165) is 12.8 Å². The number of carbonyl (C=O) groups excluding carboxylic acids is 2. The van der Waals surface area contributed by atoms with Gasteiger partial charge in [-0.25, -0.2) is 0 Å². The monoisotopic (exact) mass is 409 g/mol. The van der Waals surface area contributed by atoms with Crippen molar-refractivity contribution in [1.82, 2.24) is 5.06 Å². The maximum absolute atomic E-state index is 12.6. The zero-order chi connectivity index (χ0) is 20.3. The highest BCUT2D eigenvalue weighted by Gasteiger charge is 2.51. The Hall–Kier alpha value is -2.90. The molecule has 0 bridgehead atoms. The van der Waals surface area contributed by atoms with E-state index in [2.05, 4.69) is 16.1 Å². The number of hydrogen-bond donors (Lipinski definition) is 0. The number of rotatable bonds is 2. The van der Waals surface area contributed by atoms with Crippen LogP contribution in [-0.2, 0) is 14.4 Å². The van der Waals surface area contributed by atoms with Gasteiger partial charge in [0.1, 0.15) is 0 Å². The third-order valence-corrected chi connectivity index (χ3v) is 5.23. The molecule has 0 N–H and O–H groups in total. The Morgan fingerprint density at radius 2 is 1.68 bits per heavy atom. The van der Waals surface area contributed by atoms with Crippen molar-refractivity contribution in [1.29, 1.82) is 0 Å². The fourth-order valence-electron chi connectivity index (χ4n) is 2.80. The van der Waals surface area contributed by atoms with Crippen LogP contribution in [0.25, 0.3) is 10.8 Å². The molecule has 1 aliphatic heterocycles. The molecule has 0 atom stereocenters. The fourth-order valence-corrected chi connectivity index (χ4v) is 3.21. The van der Waals surface area contributed by atoms with E-state index in [0.29, 0.717) is 16.9 Å². The van der Waals surface area contributed by atoms with Crippen molar-refractivity contribution < 1.29 is 35.5 Å². The minimum atomic E-state index is -6.19. The van der Waals surface area contributed by atoms with E-state index in [1.165, 1.54) is 24.3 Å². The summed E-state index contributed by atoms with van der Waals surface area (Å²) in [5.41, 5.74) is -5.54. The maximum atomic E-state index is 12.6. The third-order valence-electron chi connectivity index (χ3n) is 4.31. The Morgan fingerprint density at radius 3 is 2.29 bits per heavy atom. The van der Waals surface area contributed by atoms with Crippen LogP contribution in [0.15, 0.2) is 30.3 Å². The molecule has 1 heterocycles. The van der Waals surface area contributed by atoms with Gasteiger partial charge in [-0.1, -0.05) is 24.0 Å². The molecule has 6 nitrogen and oxygen atoms in total. The molecule has 144 valence electrons. The number of nitrogens with zero attached hydrogens (tertiary/aromatic N) is 1. The molecule has 2 aliphatic rings. The molecule has 1 aliphatic carbocycles. The molecule has 10 heteroatoms. The molecule has 0 unspecified atom stereocenters. The van der Waals surface area contributed by atoms with Gasteiger partial charge in [0.05, 0.1) is 11.1 Å². The highest BCUT2D eigenvalue weighted by molar-refractivity contribution is 7.87. The molecular weight excluding hydrogens is 399 g/mol. The van der Waals surface area contributed by atoms with Crippen molar-refractivity contribution in [3.05, 3.63) is 47.0 Å². The Morgan fingerprint density at radius 1 is 1.04 bits per heavy atom. The van der Waals surface area contributed by atoms with Gasteiger partial charge in [0.2, 0.25) is 0 Å². The number of benzene rings is 2. The smallest absolute Gasteiger partial charge is 0.266 e. The molecule has 1 fully saturated rings. The van der Waals surface area contributed by atoms with E-state index in [1.807, 2.05) is 0 Å². The zero-order valence-corrected chi connectivity index (χ0v) is 14.7. The average molecular weight is 409 g/mol. The second-order valence-electron chi connectivity index (χ2n) is 6.31. The van der Waals surface area contributed by atoms with Gasteiger partial charge >= 0.3 is 15.6 Å². The zero-order valence-electron chi connectivity index (χ0n) is 13.9. The van der Waals surface area contributed by atoms with Gasteiger partial charge in [0, 0.05) is 16.9 Å². The standard InChI is InChI=1S/C18H10F3NO5S/c19-18(20,21)28(25,26)27-22-16(23)13-3-1-2-12-11(7-6-10-4-5-10)8-9-14(15(12)13)17(22)24/h1-3,8-10H,4-5H2. The van der Waals surface area contributed by atoms with Crippen LogP contribution < -0.4 is 0 Å². The van der Waals surface area contributed by atoms with Gasteiger partial charge in [-0.05, 0) is 36.4 Å². The second-order valence-corrected chi connectivity index (χ2v) is 7.83. The molecule has 0 spiro atoms. The quantitative estimate of drug-likeness (QED) is 0.433. The minimum absolute atomic E-state index is 0.153. The highest BCUT2D eigenvalue weighted by atomic mass is 32.2. The molecule has 2 aromatic rings.